The van der Waals surface area contributed by atoms with Gasteiger partial charge in [0.15, 0.2) is 0 Å². The van der Waals surface area contributed by atoms with Crippen LogP contribution in [-0.4, -0.2) is 59.1 Å². The number of likely N-dealkylation sites (tertiary alicyclic amines) is 1. The molecule has 1 aromatic rings. The fourth-order valence-electron chi connectivity index (χ4n) is 2.59. The van der Waals surface area contributed by atoms with Crippen LogP contribution in [0.4, 0.5) is 9.93 Å². The lowest BCUT2D eigenvalue weighted by atomic mass is 9.97. The molecule has 0 spiro atoms. The maximum absolute atomic E-state index is 12.4. The van der Waals surface area contributed by atoms with E-state index in [1.807, 2.05) is 0 Å². The third-order valence-corrected chi connectivity index (χ3v) is 4.78. The molecule has 0 radical (unpaired) electrons. The molecular formula is C15H25N5O2S. The quantitative estimate of drug-likeness (QED) is 0.892. The summed E-state index contributed by atoms with van der Waals surface area (Å²) in [7, 11) is 3.45. The van der Waals surface area contributed by atoms with E-state index in [0.29, 0.717) is 18.2 Å². The molecular weight excluding hydrogens is 314 g/mol. The highest BCUT2D eigenvalue weighted by Crippen LogP contribution is 2.22. The van der Waals surface area contributed by atoms with Gasteiger partial charge in [-0.1, -0.05) is 24.7 Å². The van der Waals surface area contributed by atoms with Gasteiger partial charge in [-0.05, 0) is 19.3 Å². The van der Waals surface area contributed by atoms with E-state index in [-0.39, 0.29) is 17.9 Å². The third-order valence-electron chi connectivity index (χ3n) is 3.89. The summed E-state index contributed by atoms with van der Waals surface area (Å²) in [5.41, 5.74) is 0. The second kappa shape index (κ2) is 8.24. The standard InChI is InChI=1S/C15H25N5O2S/c1-4-5-8-12-17-18-14(23-12)16-13(21)11-7-6-9-20(10-11)15(22)19(2)3/h11H,4-10H2,1-3H3,(H,16,18,21). The first-order chi connectivity index (χ1) is 11.0. The fourth-order valence-corrected chi connectivity index (χ4v) is 3.37. The topological polar surface area (TPSA) is 78.4 Å². The Morgan fingerprint density at radius 3 is 2.87 bits per heavy atom. The van der Waals surface area contributed by atoms with Crippen molar-refractivity contribution in [2.45, 2.75) is 39.0 Å². The Morgan fingerprint density at radius 1 is 1.39 bits per heavy atom. The molecule has 23 heavy (non-hydrogen) atoms. The highest BCUT2D eigenvalue weighted by Gasteiger charge is 2.29. The number of anilines is 1. The number of rotatable bonds is 5. The van der Waals surface area contributed by atoms with Crippen molar-refractivity contribution in [2.24, 2.45) is 5.92 Å². The number of nitrogens with zero attached hydrogens (tertiary/aromatic N) is 4. The van der Waals surface area contributed by atoms with Crippen molar-refractivity contribution >= 4 is 28.4 Å². The third kappa shape index (κ3) is 4.89. The molecule has 1 aliphatic heterocycles. The first kappa shape index (κ1) is 17.7. The number of aryl methyl sites for hydroxylation is 1. The van der Waals surface area contributed by atoms with Crippen LogP contribution in [0.25, 0.3) is 0 Å². The highest BCUT2D eigenvalue weighted by molar-refractivity contribution is 7.15. The van der Waals surface area contributed by atoms with Gasteiger partial charge >= 0.3 is 6.03 Å². The van der Waals surface area contributed by atoms with E-state index < -0.39 is 0 Å². The molecule has 128 valence electrons. The van der Waals surface area contributed by atoms with Crippen LogP contribution in [0.3, 0.4) is 0 Å². The van der Waals surface area contributed by atoms with Crippen LogP contribution in [0.1, 0.15) is 37.6 Å². The first-order valence-corrected chi connectivity index (χ1v) is 8.92. The van der Waals surface area contributed by atoms with Crippen molar-refractivity contribution in [2.75, 3.05) is 32.5 Å². The average molecular weight is 339 g/mol. The van der Waals surface area contributed by atoms with E-state index >= 15 is 0 Å². The first-order valence-electron chi connectivity index (χ1n) is 8.10. The summed E-state index contributed by atoms with van der Waals surface area (Å²) >= 11 is 1.43. The zero-order valence-corrected chi connectivity index (χ0v) is 14.9. The smallest absolute Gasteiger partial charge is 0.319 e. The van der Waals surface area contributed by atoms with Gasteiger partial charge in [-0.15, -0.1) is 10.2 Å². The van der Waals surface area contributed by atoms with Crippen LogP contribution in [0.15, 0.2) is 0 Å². The fraction of sp³-hybridized carbons (Fsp3) is 0.733. The number of unbranched alkanes of at least 4 members (excludes halogenated alkanes) is 1. The molecule has 1 saturated heterocycles. The monoisotopic (exact) mass is 339 g/mol. The summed E-state index contributed by atoms with van der Waals surface area (Å²) in [6, 6.07) is -0.0414. The van der Waals surface area contributed by atoms with Crippen molar-refractivity contribution in [1.29, 1.82) is 0 Å². The van der Waals surface area contributed by atoms with Crippen LogP contribution in [-0.2, 0) is 11.2 Å². The Morgan fingerprint density at radius 2 is 2.17 bits per heavy atom. The maximum Gasteiger partial charge on any atom is 0.319 e. The second-order valence-electron chi connectivity index (χ2n) is 6.06. The highest BCUT2D eigenvalue weighted by atomic mass is 32.1. The summed E-state index contributed by atoms with van der Waals surface area (Å²) < 4.78 is 0. The lowest BCUT2D eigenvalue weighted by Gasteiger charge is -2.33. The van der Waals surface area contributed by atoms with Crippen LogP contribution in [0.5, 0.6) is 0 Å². The summed E-state index contributed by atoms with van der Waals surface area (Å²) in [5.74, 6) is -0.255. The molecule has 3 amide bonds. The van der Waals surface area contributed by atoms with Gasteiger partial charge in [-0.2, -0.15) is 0 Å². The number of amides is 3. The summed E-state index contributed by atoms with van der Waals surface area (Å²) in [4.78, 5) is 27.7. The number of carbonyl (C=O) groups is 2. The van der Waals surface area contributed by atoms with Crippen LogP contribution >= 0.6 is 11.3 Å². The molecule has 2 rings (SSSR count). The molecule has 0 aliphatic carbocycles. The molecule has 1 fully saturated rings. The molecule has 1 atom stereocenters. The Bertz CT molecular complexity index is 546. The molecule has 1 N–H and O–H groups in total. The molecule has 0 bridgehead atoms. The maximum atomic E-state index is 12.4. The van der Waals surface area contributed by atoms with Crippen molar-refractivity contribution in [1.82, 2.24) is 20.0 Å². The van der Waals surface area contributed by atoms with Crippen molar-refractivity contribution in [3.8, 4) is 0 Å². The molecule has 1 aromatic heterocycles. The Balaban J connectivity index is 1.89. The molecule has 7 nitrogen and oxygen atoms in total. The lowest BCUT2D eigenvalue weighted by Crippen LogP contribution is -2.47. The largest absolute Gasteiger partial charge is 0.331 e. The van der Waals surface area contributed by atoms with Crippen LogP contribution in [0.2, 0.25) is 0 Å². The van der Waals surface area contributed by atoms with Crippen LogP contribution in [0, 0.1) is 5.92 Å². The zero-order chi connectivity index (χ0) is 16.8. The molecule has 1 aliphatic rings. The molecule has 8 heteroatoms. The molecule has 0 aromatic carbocycles. The normalized spacial score (nSPS) is 17.9. The minimum atomic E-state index is -0.185. The number of carbonyl (C=O) groups excluding carboxylic acids is 2. The SMILES string of the molecule is CCCCc1nnc(NC(=O)C2CCCN(C(=O)N(C)C)C2)s1. The van der Waals surface area contributed by atoms with Crippen molar-refractivity contribution < 1.29 is 9.59 Å². The molecule has 1 unspecified atom stereocenters. The predicted octanol–water partition coefficient (Wildman–Crippen LogP) is 2.21. The van der Waals surface area contributed by atoms with Gasteiger partial charge in [-0.3, -0.25) is 4.79 Å². The number of hydrogen-bond acceptors (Lipinski definition) is 5. The summed E-state index contributed by atoms with van der Waals surface area (Å²) in [5, 5.41) is 12.5. The van der Waals surface area contributed by atoms with E-state index in [1.165, 1.54) is 11.3 Å². The number of nitrogens with one attached hydrogen (secondary N) is 1. The average Bonchev–Trinajstić information content (AvgIpc) is 2.99. The predicted molar refractivity (Wildman–Crippen MR) is 90.5 cm³/mol. The van der Waals surface area contributed by atoms with Gasteiger partial charge in [0.1, 0.15) is 5.01 Å². The van der Waals surface area contributed by atoms with Gasteiger partial charge in [0.05, 0.1) is 5.92 Å². The van der Waals surface area contributed by atoms with E-state index in [0.717, 1.165) is 37.1 Å². The Kier molecular flexibility index (Phi) is 6.32. The van der Waals surface area contributed by atoms with Gasteiger partial charge in [0.25, 0.3) is 0 Å². The Hall–Kier alpha value is -1.70. The van der Waals surface area contributed by atoms with E-state index in [2.05, 4.69) is 22.4 Å². The van der Waals surface area contributed by atoms with E-state index in [1.54, 1.807) is 23.9 Å². The van der Waals surface area contributed by atoms with Crippen molar-refractivity contribution in [3.05, 3.63) is 5.01 Å². The Labute approximate surface area is 141 Å². The minimum Gasteiger partial charge on any atom is -0.331 e. The molecule has 2 heterocycles. The van der Waals surface area contributed by atoms with Gasteiger partial charge in [0, 0.05) is 33.6 Å². The van der Waals surface area contributed by atoms with Gasteiger partial charge in [0.2, 0.25) is 11.0 Å². The van der Waals surface area contributed by atoms with Crippen molar-refractivity contribution in [3.63, 3.8) is 0 Å². The second-order valence-corrected chi connectivity index (χ2v) is 7.12. The number of aromatic nitrogens is 2. The number of hydrogen-bond donors (Lipinski definition) is 1. The van der Waals surface area contributed by atoms with E-state index in [4.69, 9.17) is 0 Å². The van der Waals surface area contributed by atoms with Gasteiger partial charge < -0.3 is 15.1 Å². The number of piperidine rings is 1. The van der Waals surface area contributed by atoms with E-state index in [9.17, 15) is 9.59 Å². The molecule has 0 saturated carbocycles. The minimum absolute atomic E-state index is 0.0414. The zero-order valence-electron chi connectivity index (χ0n) is 14.0. The lowest BCUT2D eigenvalue weighted by molar-refractivity contribution is -0.121. The summed E-state index contributed by atoms with van der Waals surface area (Å²) in [6.45, 7) is 3.30. The summed E-state index contributed by atoms with van der Waals surface area (Å²) in [6.07, 6.45) is 4.73. The van der Waals surface area contributed by atoms with Gasteiger partial charge in [-0.25, -0.2) is 4.79 Å². The van der Waals surface area contributed by atoms with Crippen LogP contribution < -0.4 is 5.32 Å². The number of urea groups is 1.